The van der Waals surface area contributed by atoms with Crippen molar-refractivity contribution >= 4 is 60.6 Å². The monoisotopic (exact) mass is 684 g/mol. The van der Waals surface area contributed by atoms with Crippen LogP contribution in [-0.2, 0) is 12.8 Å². The van der Waals surface area contributed by atoms with Crippen molar-refractivity contribution < 1.29 is 0 Å². The second kappa shape index (κ2) is 13.3. The van der Waals surface area contributed by atoms with Gasteiger partial charge in [0.25, 0.3) is 0 Å². The summed E-state index contributed by atoms with van der Waals surface area (Å²) >= 11 is 0. The number of hydrogen-bond acceptors (Lipinski definition) is 2. The second-order valence-electron chi connectivity index (χ2n) is 15.1. The molecule has 53 heavy (non-hydrogen) atoms. The normalized spacial score (nSPS) is 16.5. The molecule has 10 rings (SSSR count). The lowest BCUT2D eigenvalue weighted by Crippen LogP contribution is -2.13. The minimum atomic E-state index is 0.565. The molecule has 0 saturated heterocycles. The molecule has 258 valence electrons. The number of anilines is 4. The van der Waals surface area contributed by atoms with Crippen molar-refractivity contribution in [3.63, 3.8) is 0 Å². The summed E-state index contributed by atoms with van der Waals surface area (Å²) in [6, 6.07) is 47.9. The van der Waals surface area contributed by atoms with Gasteiger partial charge in [-0.1, -0.05) is 123 Å². The zero-order valence-electron chi connectivity index (χ0n) is 30.4. The molecule has 1 heterocycles. The highest BCUT2D eigenvalue weighted by Crippen LogP contribution is 2.48. The fourth-order valence-corrected chi connectivity index (χ4v) is 9.30. The predicted octanol–water partition coefficient (Wildman–Crippen LogP) is 13.9. The summed E-state index contributed by atoms with van der Waals surface area (Å²) in [4.78, 5) is 2.53. The topological polar surface area (TPSA) is 15.3 Å². The quantitative estimate of drug-likeness (QED) is 0.168. The Balaban J connectivity index is 1.25. The summed E-state index contributed by atoms with van der Waals surface area (Å²) in [6.45, 7) is 3.26. The van der Waals surface area contributed by atoms with E-state index in [9.17, 15) is 0 Å². The number of nitrogens with one attached hydrogen (secondary N) is 1. The van der Waals surface area contributed by atoms with E-state index in [1.165, 1.54) is 94.8 Å². The van der Waals surface area contributed by atoms with E-state index in [-0.39, 0.29) is 0 Å². The molecule has 0 radical (unpaired) electrons. The van der Waals surface area contributed by atoms with E-state index in [4.69, 9.17) is 0 Å². The van der Waals surface area contributed by atoms with E-state index >= 15 is 0 Å². The van der Waals surface area contributed by atoms with E-state index in [0.29, 0.717) is 5.92 Å². The smallest absolute Gasteiger partial charge is 0.0444 e. The van der Waals surface area contributed by atoms with Gasteiger partial charge < -0.3 is 10.2 Å². The van der Waals surface area contributed by atoms with Crippen LogP contribution in [0, 0.1) is 5.92 Å². The molecule has 0 saturated carbocycles. The van der Waals surface area contributed by atoms with Crippen LogP contribution in [0.3, 0.4) is 0 Å². The largest absolute Gasteiger partial charge is 0.355 e. The Bertz CT molecular complexity index is 2650. The van der Waals surface area contributed by atoms with Gasteiger partial charge >= 0.3 is 0 Å². The Kier molecular flexibility index (Phi) is 7.98. The van der Waals surface area contributed by atoms with Crippen LogP contribution in [0.4, 0.5) is 22.7 Å². The zero-order valence-corrected chi connectivity index (χ0v) is 30.4. The molecule has 1 unspecified atom stereocenters. The van der Waals surface area contributed by atoms with E-state index < -0.39 is 0 Å². The zero-order chi connectivity index (χ0) is 35.3. The number of rotatable bonds is 7. The van der Waals surface area contributed by atoms with Gasteiger partial charge in [0, 0.05) is 29.3 Å². The van der Waals surface area contributed by atoms with Gasteiger partial charge in [-0.2, -0.15) is 0 Å². The van der Waals surface area contributed by atoms with Gasteiger partial charge in [-0.3, -0.25) is 0 Å². The maximum absolute atomic E-state index is 3.86. The van der Waals surface area contributed by atoms with Crippen molar-refractivity contribution in [3.05, 3.63) is 174 Å². The van der Waals surface area contributed by atoms with Crippen LogP contribution in [-0.4, -0.2) is 6.54 Å². The van der Waals surface area contributed by atoms with Crippen LogP contribution >= 0.6 is 0 Å². The highest BCUT2D eigenvalue weighted by molar-refractivity contribution is 6.20. The first-order valence-electron chi connectivity index (χ1n) is 19.5. The summed E-state index contributed by atoms with van der Waals surface area (Å²) in [5, 5.41) is 11.6. The van der Waals surface area contributed by atoms with Crippen LogP contribution < -0.4 is 10.2 Å². The molecule has 1 atom stereocenters. The molecule has 0 amide bonds. The third-order valence-electron chi connectivity index (χ3n) is 11.9. The predicted molar refractivity (Wildman–Crippen MR) is 228 cm³/mol. The molecule has 0 fully saturated rings. The van der Waals surface area contributed by atoms with Crippen LogP contribution in [0.1, 0.15) is 49.3 Å². The van der Waals surface area contributed by atoms with Gasteiger partial charge in [0.15, 0.2) is 0 Å². The molecular weight excluding hydrogens is 641 g/mol. The Labute approximate surface area is 312 Å². The van der Waals surface area contributed by atoms with Crippen LogP contribution in [0.2, 0.25) is 0 Å². The second-order valence-corrected chi connectivity index (χ2v) is 15.1. The van der Waals surface area contributed by atoms with E-state index in [1.54, 1.807) is 0 Å². The molecule has 1 N–H and O–H groups in total. The molecule has 7 aromatic rings. The summed E-state index contributed by atoms with van der Waals surface area (Å²) in [7, 11) is 0. The fourth-order valence-electron chi connectivity index (χ4n) is 9.30. The lowest BCUT2D eigenvalue weighted by Gasteiger charge is -2.28. The van der Waals surface area contributed by atoms with E-state index in [2.05, 4.69) is 169 Å². The lowest BCUT2D eigenvalue weighted by atomic mass is 9.76. The molecule has 7 aromatic carbocycles. The third kappa shape index (κ3) is 5.65. The maximum Gasteiger partial charge on any atom is 0.0444 e. The van der Waals surface area contributed by atoms with E-state index in [0.717, 1.165) is 44.3 Å². The first-order valence-corrected chi connectivity index (χ1v) is 19.5. The SMILES string of the molecule is CCCc1ccccc1Nc1ccc2c(C3=CC=C4C=CCCC4C3)c3cc(N4CCc5ccccc54)ccc3c(-c3ccc4ccccc4c3)c2c1. The first kappa shape index (κ1) is 31.8. The molecule has 0 bridgehead atoms. The molecule has 0 aromatic heterocycles. The van der Waals surface area contributed by atoms with Crippen molar-refractivity contribution in [1.29, 1.82) is 0 Å². The Morgan fingerprint density at radius 1 is 0.698 bits per heavy atom. The molecule has 0 spiro atoms. The average Bonchev–Trinajstić information content (AvgIpc) is 3.64. The number of nitrogens with zero attached hydrogens (tertiary/aromatic N) is 1. The van der Waals surface area contributed by atoms with Gasteiger partial charge in [-0.25, -0.2) is 0 Å². The van der Waals surface area contributed by atoms with Crippen LogP contribution in [0.15, 0.2) is 157 Å². The molecule has 3 aliphatic rings. The van der Waals surface area contributed by atoms with Crippen molar-refractivity contribution in [2.45, 2.75) is 45.4 Å². The molecule has 2 heteroatoms. The first-order chi connectivity index (χ1) is 26.2. The number of benzene rings is 7. The number of aryl methyl sites for hydroxylation is 1. The van der Waals surface area contributed by atoms with Crippen molar-refractivity contribution in [2.24, 2.45) is 5.92 Å². The Morgan fingerprint density at radius 2 is 1.51 bits per heavy atom. The third-order valence-corrected chi connectivity index (χ3v) is 11.9. The Morgan fingerprint density at radius 3 is 2.45 bits per heavy atom. The molecule has 2 nitrogen and oxygen atoms in total. The summed E-state index contributed by atoms with van der Waals surface area (Å²) in [5.74, 6) is 0.565. The summed E-state index contributed by atoms with van der Waals surface area (Å²) in [5.41, 5.74) is 14.6. The Hall–Kier alpha value is -5.86. The minimum absolute atomic E-state index is 0.565. The van der Waals surface area contributed by atoms with Gasteiger partial charge in [0.2, 0.25) is 0 Å². The fraction of sp³-hybridized carbons (Fsp3) is 0.176. The van der Waals surface area contributed by atoms with Crippen molar-refractivity contribution in [1.82, 2.24) is 0 Å². The van der Waals surface area contributed by atoms with E-state index in [1.807, 2.05) is 0 Å². The summed E-state index contributed by atoms with van der Waals surface area (Å²) < 4.78 is 0. The van der Waals surface area contributed by atoms with Gasteiger partial charge in [0.1, 0.15) is 0 Å². The van der Waals surface area contributed by atoms with Crippen LogP contribution in [0.25, 0.3) is 49.0 Å². The average molecular weight is 685 g/mol. The highest BCUT2D eigenvalue weighted by atomic mass is 15.2. The number of para-hydroxylation sites is 2. The highest BCUT2D eigenvalue weighted by Gasteiger charge is 2.26. The minimum Gasteiger partial charge on any atom is -0.355 e. The number of hydrogen-bond donors (Lipinski definition) is 1. The van der Waals surface area contributed by atoms with Gasteiger partial charge in [0.05, 0.1) is 0 Å². The molecule has 2 aliphatic carbocycles. The lowest BCUT2D eigenvalue weighted by molar-refractivity contribution is 0.573. The van der Waals surface area contributed by atoms with Crippen molar-refractivity contribution in [3.8, 4) is 11.1 Å². The summed E-state index contributed by atoms with van der Waals surface area (Å²) in [6.07, 6.45) is 16.2. The standard InChI is InChI=1S/C51H44N2/c1-2-11-36-14-7-9-18-48(36)52-42-24-26-44-46(32-42)50(40-22-20-34-12-3-5-16-38(34)30-40)45-27-25-43(53-29-28-37-15-8-10-19-49(37)53)33-47(45)51(44)41-23-21-35-13-4-6-17-39(35)31-41/h3-5,7-10,12-16,18-27,30,32-33,39,52H,2,6,11,17,28-29,31H2,1H3. The van der Waals surface area contributed by atoms with Crippen molar-refractivity contribution in [2.75, 3.05) is 16.8 Å². The van der Waals surface area contributed by atoms with Gasteiger partial charge in [-0.15, -0.1) is 0 Å². The number of allylic oxidation sites excluding steroid dienone is 6. The maximum atomic E-state index is 3.86. The number of fused-ring (bicyclic) bond motifs is 5. The van der Waals surface area contributed by atoms with Gasteiger partial charge in [-0.05, 0) is 152 Å². The molecule has 1 aliphatic heterocycles. The molecular formula is C51H44N2. The van der Waals surface area contributed by atoms with Crippen LogP contribution in [0.5, 0.6) is 0 Å².